The van der Waals surface area contributed by atoms with E-state index < -0.39 is 0 Å². The molecule has 2 aliphatic rings. The third-order valence-corrected chi connectivity index (χ3v) is 5.71. The molecule has 1 saturated carbocycles. The monoisotopic (exact) mass is 424 g/mol. The summed E-state index contributed by atoms with van der Waals surface area (Å²) in [5.41, 5.74) is 2.11. The second-order valence-corrected chi connectivity index (χ2v) is 7.84. The van der Waals surface area contributed by atoms with E-state index in [0.717, 1.165) is 42.7 Å². The highest BCUT2D eigenvalue weighted by atomic mass is 16.7. The lowest BCUT2D eigenvalue weighted by molar-refractivity contribution is 0.0526. The number of nitrogens with one attached hydrogen (secondary N) is 1. The number of fused-ring (bicyclic) bond motifs is 1. The van der Waals surface area contributed by atoms with Crippen molar-refractivity contribution in [1.29, 1.82) is 0 Å². The van der Waals surface area contributed by atoms with Gasteiger partial charge in [0.05, 0.1) is 12.2 Å². The molecule has 1 aliphatic carbocycles. The number of hydrogen-bond donors (Lipinski definition) is 1. The molecule has 1 heterocycles. The summed E-state index contributed by atoms with van der Waals surface area (Å²) >= 11 is 0. The van der Waals surface area contributed by atoms with E-state index in [2.05, 4.69) is 5.32 Å². The van der Waals surface area contributed by atoms with Gasteiger partial charge in [-0.25, -0.2) is 9.59 Å². The maximum Gasteiger partial charge on any atom is 0.338 e. The average Bonchev–Trinajstić information content (AvgIpc) is 3.26. The molecule has 7 heteroatoms. The summed E-state index contributed by atoms with van der Waals surface area (Å²) in [6.07, 6.45) is 5.47. The van der Waals surface area contributed by atoms with Gasteiger partial charge < -0.3 is 24.4 Å². The first-order chi connectivity index (χ1) is 15.1. The third kappa shape index (κ3) is 5.10. The van der Waals surface area contributed by atoms with Gasteiger partial charge in [0, 0.05) is 18.3 Å². The van der Waals surface area contributed by atoms with E-state index in [1.165, 1.54) is 6.42 Å². The minimum absolute atomic E-state index is 0.145. The Morgan fingerprint density at radius 2 is 1.77 bits per heavy atom. The Morgan fingerprint density at radius 1 is 1.03 bits per heavy atom. The lowest BCUT2D eigenvalue weighted by Crippen LogP contribution is -2.43. The van der Waals surface area contributed by atoms with Crippen molar-refractivity contribution in [1.82, 2.24) is 4.90 Å². The van der Waals surface area contributed by atoms with E-state index in [-0.39, 0.29) is 24.8 Å². The molecule has 0 aromatic heterocycles. The third-order valence-electron chi connectivity index (χ3n) is 5.71. The molecule has 2 aromatic rings. The van der Waals surface area contributed by atoms with Crippen LogP contribution in [0.15, 0.2) is 42.5 Å². The van der Waals surface area contributed by atoms with E-state index in [1.807, 2.05) is 23.1 Å². The van der Waals surface area contributed by atoms with Crippen LogP contribution in [0.2, 0.25) is 0 Å². The molecule has 164 valence electrons. The van der Waals surface area contributed by atoms with Gasteiger partial charge in [-0.05, 0) is 61.7 Å². The zero-order valence-corrected chi connectivity index (χ0v) is 17.8. The van der Waals surface area contributed by atoms with Crippen LogP contribution in [0, 0.1) is 0 Å². The number of anilines is 1. The molecule has 7 nitrogen and oxygen atoms in total. The smallest absolute Gasteiger partial charge is 0.338 e. The van der Waals surface area contributed by atoms with E-state index in [9.17, 15) is 9.59 Å². The molecular formula is C24H28N2O5. The number of rotatable bonds is 6. The second kappa shape index (κ2) is 9.73. The van der Waals surface area contributed by atoms with Crippen molar-refractivity contribution in [2.75, 3.05) is 18.7 Å². The van der Waals surface area contributed by atoms with Gasteiger partial charge in [0.25, 0.3) is 0 Å². The zero-order chi connectivity index (χ0) is 21.6. The van der Waals surface area contributed by atoms with Crippen LogP contribution in [0.1, 0.15) is 54.9 Å². The molecule has 1 N–H and O–H groups in total. The number of esters is 1. The number of hydrogen-bond acceptors (Lipinski definition) is 5. The SMILES string of the molecule is CCOC(=O)c1ccc(NC(=O)N(Cc2ccc3c(c2)OCO3)C2CCCCC2)cc1. The van der Waals surface area contributed by atoms with E-state index in [1.54, 1.807) is 31.2 Å². The molecule has 0 radical (unpaired) electrons. The van der Waals surface area contributed by atoms with Gasteiger partial charge in [-0.1, -0.05) is 25.3 Å². The number of carbonyl (C=O) groups excluding carboxylic acids is 2. The Morgan fingerprint density at radius 3 is 2.52 bits per heavy atom. The standard InChI is InChI=1S/C24H28N2O5/c1-2-29-23(27)18-9-11-19(12-10-18)25-24(28)26(20-6-4-3-5-7-20)15-17-8-13-21-22(14-17)31-16-30-21/h8-14,20H,2-7,15-16H2,1H3,(H,25,28). The van der Waals surface area contributed by atoms with Crippen molar-refractivity contribution in [2.45, 2.75) is 51.6 Å². The van der Waals surface area contributed by atoms with Gasteiger partial charge in [0.1, 0.15) is 0 Å². The van der Waals surface area contributed by atoms with Crippen molar-refractivity contribution in [2.24, 2.45) is 0 Å². The van der Waals surface area contributed by atoms with Crippen molar-refractivity contribution < 1.29 is 23.8 Å². The average molecular weight is 424 g/mol. The predicted molar refractivity (Wildman–Crippen MR) is 116 cm³/mol. The second-order valence-electron chi connectivity index (χ2n) is 7.84. The van der Waals surface area contributed by atoms with Crippen LogP contribution in [0.25, 0.3) is 0 Å². The molecule has 0 unspecified atom stereocenters. The van der Waals surface area contributed by atoms with Gasteiger partial charge in [0.15, 0.2) is 11.5 Å². The molecule has 0 atom stereocenters. The van der Waals surface area contributed by atoms with Crippen LogP contribution in [-0.4, -0.2) is 36.3 Å². The quantitative estimate of drug-likeness (QED) is 0.664. The molecule has 31 heavy (non-hydrogen) atoms. The zero-order valence-electron chi connectivity index (χ0n) is 17.8. The summed E-state index contributed by atoms with van der Waals surface area (Å²) in [7, 11) is 0. The number of benzene rings is 2. The highest BCUT2D eigenvalue weighted by molar-refractivity contribution is 5.92. The first-order valence-electron chi connectivity index (χ1n) is 10.9. The van der Waals surface area contributed by atoms with Crippen LogP contribution in [-0.2, 0) is 11.3 Å². The maximum absolute atomic E-state index is 13.2. The molecular weight excluding hydrogens is 396 g/mol. The van der Waals surface area contributed by atoms with E-state index >= 15 is 0 Å². The van der Waals surface area contributed by atoms with Gasteiger partial charge >= 0.3 is 12.0 Å². The summed E-state index contributed by atoms with van der Waals surface area (Å²) in [6.45, 7) is 2.82. The summed E-state index contributed by atoms with van der Waals surface area (Å²) in [5, 5.41) is 2.99. The fourth-order valence-electron chi connectivity index (χ4n) is 4.09. The largest absolute Gasteiger partial charge is 0.462 e. The summed E-state index contributed by atoms with van der Waals surface area (Å²) in [6, 6.07) is 12.6. The molecule has 0 bridgehead atoms. The van der Waals surface area contributed by atoms with Crippen molar-refractivity contribution in [3.8, 4) is 11.5 Å². The number of amides is 2. The van der Waals surface area contributed by atoms with Crippen LogP contribution < -0.4 is 14.8 Å². The predicted octanol–water partition coefficient (Wildman–Crippen LogP) is 4.96. The summed E-state index contributed by atoms with van der Waals surface area (Å²) < 4.78 is 15.9. The van der Waals surface area contributed by atoms with Gasteiger partial charge in [-0.15, -0.1) is 0 Å². The lowest BCUT2D eigenvalue weighted by atomic mass is 9.94. The molecule has 4 rings (SSSR count). The minimum Gasteiger partial charge on any atom is -0.462 e. The Hall–Kier alpha value is -3.22. The van der Waals surface area contributed by atoms with E-state index in [0.29, 0.717) is 24.4 Å². The highest BCUT2D eigenvalue weighted by Crippen LogP contribution is 2.33. The fraction of sp³-hybridized carbons (Fsp3) is 0.417. The summed E-state index contributed by atoms with van der Waals surface area (Å²) in [4.78, 5) is 27.0. The van der Waals surface area contributed by atoms with Gasteiger partial charge in [-0.2, -0.15) is 0 Å². The number of ether oxygens (including phenoxy) is 3. The van der Waals surface area contributed by atoms with Crippen LogP contribution in [0.4, 0.5) is 10.5 Å². The molecule has 0 spiro atoms. The Labute approximate surface area is 182 Å². The number of carbonyl (C=O) groups is 2. The molecule has 2 amide bonds. The van der Waals surface area contributed by atoms with Crippen molar-refractivity contribution in [3.05, 3.63) is 53.6 Å². The normalized spacial score (nSPS) is 15.4. The summed E-state index contributed by atoms with van der Waals surface area (Å²) in [5.74, 6) is 1.09. The number of urea groups is 1. The fourth-order valence-corrected chi connectivity index (χ4v) is 4.09. The maximum atomic E-state index is 13.2. The first-order valence-corrected chi connectivity index (χ1v) is 10.9. The number of nitrogens with zero attached hydrogens (tertiary/aromatic N) is 1. The van der Waals surface area contributed by atoms with Crippen molar-refractivity contribution in [3.63, 3.8) is 0 Å². The van der Waals surface area contributed by atoms with Gasteiger partial charge in [0.2, 0.25) is 6.79 Å². The van der Waals surface area contributed by atoms with Crippen LogP contribution >= 0.6 is 0 Å². The molecule has 0 saturated heterocycles. The van der Waals surface area contributed by atoms with Crippen molar-refractivity contribution >= 4 is 17.7 Å². The van der Waals surface area contributed by atoms with Crippen LogP contribution in [0.5, 0.6) is 11.5 Å². The van der Waals surface area contributed by atoms with E-state index in [4.69, 9.17) is 14.2 Å². The topological polar surface area (TPSA) is 77.1 Å². The highest BCUT2D eigenvalue weighted by Gasteiger charge is 2.26. The Kier molecular flexibility index (Phi) is 6.60. The molecule has 1 fully saturated rings. The van der Waals surface area contributed by atoms with Gasteiger partial charge in [-0.3, -0.25) is 0 Å². The minimum atomic E-state index is -0.369. The Balaban J connectivity index is 1.48. The molecule has 2 aromatic carbocycles. The van der Waals surface area contributed by atoms with Crippen LogP contribution in [0.3, 0.4) is 0 Å². The molecule has 1 aliphatic heterocycles. The Bertz CT molecular complexity index is 922. The lowest BCUT2D eigenvalue weighted by Gasteiger charge is -2.34. The first kappa shape index (κ1) is 21.0.